The smallest absolute Gasteiger partial charge is 0.272 e. The molecule has 0 atom stereocenters. The van der Waals surface area contributed by atoms with Gasteiger partial charge in [0, 0.05) is 11.6 Å². The third-order valence-electron chi connectivity index (χ3n) is 1.77. The zero-order chi connectivity index (χ0) is 12.0. The van der Waals surface area contributed by atoms with Gasteiger partial charge in [0.05, 0.1) is 4.92 Å². The Balaban J connectivity index is 0.000000423. The molecule has 0 unspecified atom stereocenters. The summed E-state index contributed by atoms with van der Waals surface area (Å²) in [6, 6.07) is 5.07. The third kappa shape index (κ3) is 4.61. The predicted octanol–water partition coefficient (Wildman–Crippen LogP) is 1.05. The van der Waals surface area contributed by atoms with Gasteiger partial charge in [-0.3, -0.25) is 15.5 Å². The number of nitrogens with one attached hydrogen (secondary N) is 1. The van der Waals surface area contributed by atoms with E-state index in [0.29, 0.717) is 0 Å². The van der Waals surface area contributed by atoms with Crippen molar-refractivity contribution in [1.82, 2.24) is 0 Å². The molecule has 0 saturated heterocycles. The molecule has 0 aliphatic heterocycles. The Labute approximate surface area is 87.6 Å². The van der Waals surface area contributed by atoms with Crippen molar-refractivity contribution in [2.24, 2.45) is 11.5 Å². The molecule has 0 aliphatic rings. The summed E-state index contributed by atoms with van der Waals surface area (Å²) in [5, 5.41) is 16.4. The lowest BCUT2D eigenvalue weighted by molar-refractivity contribution is -0.385. The first kappa shape index (κ1) is 12.9. The fourth-order valence-electron chi connectivity index (χ4n) is 0.933. The summed E-state index contributed by atoms with van der Waals surface area (Å²) in [7, 11) is 0. The Kier molecular flexibility index (Phi) is 4.80. The number of hydrogen-bond acceptors (Lipinski definition) is 3. The van der Waals surface area contributed by atoms with E-state index in [-0.39, 0.29) is 16.6 Å². The Morgan fingerprint density at radius 3 is 2.20 bits per heavy atom. The number of guanidine groups is 1. The maximum Gasteiger partial charge on any atom is 0.272 e. The van der Waals surface area contributed by atoms with Gasteiger partial charge >= 0.3 is 0 Å². The molecule has 5 N–H and O–H groups in total. The Morgan fingerprint density at radius 2 is 1.87 bits per heavy atom. The number of rotatable bonds is 1. The minimum atomic E-state index is -0.359. The fourth-order valence-corrected chi connectivity index (χ4v) is 0.933. The molecule has 1 rings (SSSR count). The van der Waals surface area contributed by atoms with E-state index >= 15 is 0 Å². The highest BCUT2D eigenvalue weighted by molar-refractivity contribution is 5.71. The summed E-state index contributed by atoms with van der Waals surface area (Å²) in [5.74, 6) is -0.333. The van der Waals surface area contributed by atoms with Gasteiger partial charge in [0.15, 0.2) is 5.96 Å². The van der Waals surface area contributed by atoms with Crippen LogP contribution in [0.5, 0.6) is 0 Å². The first-order chi connectivity index (χ1) is 6.86. The van der Waals surface area contributed by atoms with Gasteiger partial charge in [-0.2, -0.15) is 0 Å². The number of nitrogens with two attached hydrogens (primary N) is 2. The molecule has 0 amide bonds. The molecule has 1 aromatic carbocycles. The molecular formula is C9H14N4O2. The molecule has 6 nitrogen and oxygen atoms in total. The zero-order valence-electron chi connectivity index (χ0n) is 8.65. The first-order valence-corrected chi connectivity index (χ1v) is 4.16. The number of hydrogen-bond donors (Lipinski definition) is 3. The summed E-state index contributed by atoms with van der Waals surface area (Å²) in [4.78, 5) is 10.0. The molecule has 0 saturated carbocycles. The van der Waals surface area contributed by atoms with Gasteiger partial charge < -0.3 is 11.5 Å². The Hall–Kier alpha value is -2.11. The lowest BCUT2D eigenvalue weighted by Crippen LogP contribution is -2.20. The van der Waals surface area contributed by atoms with E-state index < -0.39 is 0 Å². The van der Waals surface area contributed by atoms with Crippen molar-refractivity contribution in [2.45, 2.75) is 13.8 Å². The Morgan fingerprint density at radius 1 is 1.40 bits per heavy atom. The maximum atomic E-state index is 10.4. The SMILES string of the molecule is Cc1cccc([N+](=O)[O-])c1C.N=C(N)N. The van der Waals surface area contributed by atoms with Crippen molar-refractivity contribution in [1.29, 1.82) is 5.41 Å². The normalized spacial score (nSPS) is 8.67. The number of nitrogens with zero attached hydrogens (tertiary/aromatic N) is 1. The van der Waals surface area contributed by atoms with Gasteiger partial charge in [0.1, 0.15) is 0 Å². The fraction of sp³-hybridized carbons (Fsp3) is 0.222. The van der Waals surface area contributed by atoms with Crippen molar-refractivity contribution < 1.29 is 4.92 Å². The zero-order valence-corrected chi connectivity index (χ0v) is 8.65. The second kappa shape index (κ2) is 5.58. The largest absolute Gasteiger partial charge is 0.370 e. The molecule has 1 aromatic rings. The van der Waals surface area contributed by atoms with E-state index in [2.05, 4.69) is 11.5 Å². The van der Waals surface area contributed by atoms with Gasteiger partial charge in [0.2, 0.25) is 0 Å². The van der Waals surface area contributed by atoms with Crippen molar-refractivity contribution in [2.75, 3.05) is 0 Å². The van der Waals surface area contributed by atoms with E-state index in [4.69, 9.17) is 5.41 Å². The molecule has 15 heavy (non-hydrogen) atoms. The van der Waals surface area contributed by atoms with Gasteiger partial charge in [-0.15, -0.1) is 0 Å². The summed E-state index contributed by atoms with van der Waals surface area (Å²) in [6.07, 6.45) is 0. The van der Waals surface area contributed by atoms with Gasteiger partial charge in [-0.05, 0) is 19.4 Å². The second-order valence-corrected chi connectivity index (χ2v) is 2.93. The van der Waals surface area contributed by atoms with Gasteiger partial charge in [-0.25, -0.2) is 0 Å². The van der Waals surface area contributed by atoms with Crippen LogP contribution in [0.3, 0.4) is 0 Å². The van der Waals surface area contributed by atoms with Gasteiger partial charge in [-0.1, -0.05) is 12.1 Å². The standard InChI is InChI=1S/C8H9NO2.CH5N3/c1-6-4-3-5-8(7(6)2)9(10)11;2-1(3)4/h3-5H,1-2H3;(H5,2,3,4). The minimum absolute atomic E-state index is 0.199. The van der Waals surface area contributed by atoms with Gasteiger partial charge in [0.25, 0.3) is 5.69 Å². The highest BCUT2D eigenvalue weighted by Crippen LogP contribution is 2.19. The van der Waals surface area contributed by atoms with Crippen LogP contribution in [-0.4, -0.2) is 10.9 Å². The van der Waals surface area contributed by atoms with Crippen molar-refractivity contribution in [3.63, 3.8) is 0 Å². The molecule has 6 heteroatoms. The lowest BCUT2D eigenvalue weighted by atomic mass is 10.1. The number of benzene rings is 1. The highest BCUT2D eigenvalue weighted by Gasteiger charge is 2.09. The van der Waals surface area contributed by atoms with Crippen LogP contribution < -0.4 is 11.5 Å². The van der Waals surface area contributed by atoms with E-state index in [1.54, 1.807) is 13.0 Å². The molecule has 0 heterocycles. The topological polar surface area (TPSA) is 119 Å². The van der Waals surface area contributed by atoms with Crippen LogP contribution in [0.25, 0.3) is 0 Å². The second-order valence-electron chi connectivity index (χ2n) is 2.93. The average Bonchev–Trinajstić information content (AvgIpc) is 2.08. The van der Waals surface area contributed by atoms with E-state index in [1.807, 2.05) is 13.0 Å². The number of nitro groups is 1. The summed E-state index contributed by atoms with van der Waals surface area (Å²) in [5.41, 5.74) is 10.8. The van der Waals surface area contributed by atoms with Crippen LogP contribution in [-0.2, 0) is 0 Å². The predicted molar refractivity (Wildman–Crippen MR) is 58.7 cm³/mol. The maximum absolute atomic E-state index is 10.4. The first-order valence-electron chi connectivity index (χ1n) is 4.16. The molecule has 0 bridgehead atoms. The Bertz CT molecular complexity index is 372. The molecule has 0 radical (unpaired) electrons. The molecular weight excluding hydrogens is 196 g/mol. The quantitative estimate of drug-likeness (QED) is 0.278. The van der Waals surface area contributed by atoms with E-state index in [1.165, 1.54) is 6.07 Å². The highest BCUT2D eigenvalue weighted by atomic mass is 16.6. The van der Waals surface area contributed by atoms with Crippen molar-refractivity contribution >= 4 is 11.6 Å². The molecule has 0 fully saturated rings. The minimum Gasteiger partial charge on any atom is -0.370 e. The molecule has 0 spiro atoms. The monoisotopic (exact) mass is 210 g/mol. The van der Waals surface area contributed by atoms with Crippen LogP contribution in [0.4, 0.5) is 5.69 Å². The van der Waals surface area contributed by atoms with Crippen LogP contribution in [0.1, 0.15) is 11.1 Å². The molecule has 0 aromatic heterocycles. The van der Waals surface area contributed by atoms with Crippen LogP contribution >= 0.6 is 0 Å². The van der Waals surface area contributed by atoms with Crippen LogP contribution in [0, 0.1) is 29.4 Å². The van der Waals surface area contributed by atoms with Crippen LogP contribution in [0.2, 0.25) is 0 Å². The number of aryl methyl sites for hydroxylation is 1. The average molecular weight is 210 g/mol. The third-order valence-corrected chi connectivity index (χ3v) is 1.77. The lowest BCUT2D eigenvalue weighted by Gasteiger charge is -1.98. The van der Waals surface area contributed by atoms with E-state index in [9.17, 15) is 10.1 Å². The molecule has 82 valence electrons. The number of nitro benzene ring substituents is 1. The summed E-state index contributed by atoms with van der Waals surface area (Å²) < 4.78 is 0. The summed E-state index contributed by atoms with van der Waals surface area (Å²) in [6.45, 7) is 3.62. The summed E-state index contributed by atoms with van der Waals surface area (Å²) >= 11 is 0. The van der Waals surface area contributed by atoms with Crippen molar-refractivity contribution in [3.05, 3.63) is 39.4 Å². The van der Waals surface area contributed by atoms with Crippen LogP contribution in [0.15, 0.2) is 18.2 Å². The van der Waals surface area contributed by atoms with Crippen molar-refractivity contribution in [3.8, 4) is 0 Å². The molecule has 0 aliphatic carbocycles. The van der Waals surface area contributed by atoms with E-state index in [0.717, 1.165) is 11.1 Å².